The number of hydrogen-bond donors (Lipinski definition) is 0. The predicted octanol–water partition coefficient (Wildman–Crippen LogP) is 2.98. The molecule has 130 valence electrons. The van der Waals surface area contributed by atoms with Gasteiger partial charge < -0.3 is 14.4 Å². The molecule has 0 aliphatic carbocycles. The van der Waals surface area contributed by atoms with Crippen LogP contribution in [-0.2, 0) is 4.79 Å². The topological polar surface area (TPSA) is 72.0 Å². The Hall–Kier alpha value is -3.09. The molecule has 0 radical (unpaired) electrons. The molecule has 0 spiro atoms. The number of benzene rings is 1. The minimum Gasteiger partial charge on any atom is -0.496 e. The van der Waals surface area contributed by atoms with Crippen LogP contribution in [0.2, 0.25) is 0 Å². The Morgan fingerprint density at radius 2 is 2.00 bits per heavy atom. The average Bonchev–Trinajstić information content (AvgIpc) is 2.91. The van der Waals surface area contributed by atoms with Crippen LogP contribution in [0.25, 0.3) is 0 Å². The molecule has 3 rings (SSSR count). The number of aromatic nitrogens is 1. The second-order valence-corrected chi connectivity index (χ2v) is 5.61. The molecule has 0 saturated carbocycles. The lowest BCUT2D eigenvalue weighted by Gasteiger charge is -2.15. The van der Waals surface area contributed by atoms with Gasteiger partial charge in [0, 0.05) is 18.7 Å². The van der Waals surface area contributed by atoms with Crippen LogP contribution in [0.1, 0.15) is 12.5 Å². The number of carbonyl (C=O) groups is 2. The molecule has 1 saturated heterocycles. The van der Waals surface area contributed by atoms with Gasteiger partial charge in [0.15, 0.2) is 0 Å². The highest BCUT2D eigenvalue weighted by Crippen LogP contribution is 2.28. The SMILES string of the molecule is CCN1CC(=O)N(c2ccc(Oc3ccc(C)c(OC)c3)nc2)C1=O. The molecule has 0 atom stereocenters. The lowest BCUT2D eigenvalue weighted by Crippen LogP contribution is -2.32. The molecule has 1 aliphatic rings. The van der Waals surface area contributed by atoms with Crippen LogP contribution in [0.4, 0.5) is 10.5 Å². The molecule has 2 heterocycles. The van der Waals surface area contributed by atoms with Gasteiger partial charge in [0.05, 0.1) is 19.0 Å². The highest BCUT2D eigenvalue weighted by molar-refractivity contribution is 6.19. The van der Waals surface area contributed by atoms with Gasteiger partial charge >= 0.3 is 6.03 Å². The third kappa shape index (κ3) is 3.26. The van der Waals surface area contributed by atoms with E-state index in [0.29, 0.717) is 23.9 Å². The lowest BCUT2D eigenvalue weighted by atomic mass is 10.2. The number of urea groups is 1. The molecule has 0 N–H and O–H groups in total. The number of amides is 3. The molecular weight excluding hydrogens is 322 g/mol. The highest BCUT2D eigenvalue weighted by atomic mass is 16.5. The van der Waals surface area contributed by atoms with Gasteiger partial charge in [0.25, 0.3) is 5.91 Å². The van der Waals surface area contributed by atoms with E-state index in [2.05, 4.69) is 4.98 Å². The van der Waals surface area contributed by atoms with E-state index in [1.807, 2.05) is 26.0 Å². The van der Waals surface area contributed by atoms with Crippen LogP contribution in [-0.4, -0.2) is 42.0 Å². The summed E-state index contributed by atoms with van der Waals surface area (Å²) < 4.78 is 11.0. The van der Waals surface area contributed by atoms with Crippen molar-refractivity contribution in [2.24, 2.45) is 0 Å². The van der Waals surface area contributed by atoms with Crippen LogP contribution >= 0.6 is 0 Å². The molecule has 2 aromatic rings. The van der Waals surface area contributed by atoms with Crippen LogP contribution in [0.5, 0.6) is 17.4 Å². The van der Waals surface area contributed by atoms with Crippen molar-refractivity contribution in [1.29, 1.82) is 0 Å². The Morgan fingerprint density at radius 3 is 2.60 bits per heavy atom. The Kier molecular flexibility index (Phi) is 4.56. The lowest BCUT2D eigenvalue weighted by molar-refractivity contribution is -0.116. The number of methoxy groups -OCH3 is 1. The van der Waals surface area contributed by atoms with Crippen molar-refractivity contribution >= 4 is 17.6 Å². The first kappa shape index (κ1) is 16.8. The number of likely N-dealkylation sites (N-methyl/N-ethyl adjacent to an activating group) is 1. The molecule has 1 aromatic carbocycles. The summed E-state index contributed by atoms with van der Waals surface area (Å²) in [6, 6.07) is 8.42. The smallest absolute Gasteiger partial charge is 0.331 e. The Bertz CT molecular complexity index is 804. The third-order valence-corrected chi connectivity index (χ3v) is 4.00. The van der Waals surface area contributed by atoms with Gasteiger partial charge in [0.2, 0.25) is 5.88 Å². The molecule has 1 aliphatic heterocycles. The normalized spacial score (nSPS) is 14.2. The maximum absolute atomic E-state index is 12.2. The fourth-order valence-electron chi connectivity index (χ4n) is 2.60. The van der Waals surface area contributed by atoms with E-state index in [0.717, 1.165) is 16.2 Å². The summed E-state index contributed by atoms with van der Waals surface area (Å²) in [7, 11) is 1.60. The fraction of sp³-hybridized carbons (Fsp3) is 0.278. The third-order valence-electron chi connectivity index (χ3n) is 4.00. The second kappa shape index (κ2) is 6.80. The van der Waals surface area contributed by atoms with Crippen LogP contribution in [0.15, 0.2) is 36.5 Å². The zero-order valence-corrected chi connectivity index (χ0v) is 14.4. The molecule has 0 unspecified atom stereocenters. The van der Waals surface area contributed by atoms with E-state index in [4.69, 9.17) is 9.47 Å². The molecule has 7 nitrogen and oxygen atoms in total. The van der Waals surface area contributed by atoms with Crippen molar-refractivity contribution in [1.82, 2.24) is 9.88 Å². The summed E-state index contributed by atoms with van der Waals surface area (Å²) in [5, 5.41) is 0. The molecule has 25 heavy (non-hydrogen) atoms. The summed E-state index contributed by atoms with van der Waals surface area (Å²) >= 11 is 0. The minimum atomic E-state index is -0.328. The number of carbonyl (C=O) groups excluding carboxylic acids is 2. The highest BCUT2D eigenvalue weighted by Gasteiger charge is 2.36. The molecule has 3 amide bonds. The quantitative estimate of drug-likeness (QED) is 0.782. The number of nitrogens with zero attached hydrogens (tertiary/aromatic N) is 3. The monoisotopic (exact) mass is 341 g/mol. The van der Waals surface area contributed by atoms with E-state index in [1.165, 1.54) is 11.1 Å². The van der Waals surface area contributed by atoms with E-state index < -0.39 is 0 Å². The molecule has 0 bridgehead atoms. The maximum Gasteiger partial charge on any atom is 0.331 e. The van der Waals surface area contributed by atoms with Crippen LogP contribution in [0.3, 0.4) is 0 Å². The number of rotatable bonds is 5. The molecule has 1 aromatic heterocycles. The van der Waals surface area contributed by atoms with Crippen LogP contribution in [0, 0.1) is 6.92 Å². The van der Waals surface area contributed by atoms with Gasteiger partial charge in [-0.05, 0) is 31.5 Å². The summed E-state index contributed by atoms with van der Waals surface area (Å²) in [4.78, 5) is 31.0. The van der Waals surface area contributed by atoms with Crippen LogP contribution < -0.4 is 14.4 Å². The van der Waals surface area contributed by atoms with Gasteiger partial charge in [-0.2, -0.15) is 0 Å². The summed E-state index contributed by atoms with van der Waals surface area (Å²) in [5.41, 5.74) is 1.43. The van der Waals surface area contributed by atoms with Gasteiger partial charge in [0.1, 0.15) is 18.0 Å². The number of pyridine rings is 1. The van der Waals surface area contributed by atoms with Crippen molar-refractivity contribution in [2.45, 2.75) is 13.8 Å². The number of imide groups is 1. The Morgan fingerprint density at radius 1 is 1.20 bits per heavy atom. The molecular formula is C18H19N3O4. The zero-order chi connectivity index (χ0) is 18.0. The van der Waals surface area contributed by atoms with Crippen molar-refractivity contribution in [3.63, 3.8) is 0 Å². The van der Waals surface area contributed by atoms with Crippen molar-refractivity contribution in [3.8, 4) is 17.4 Å². The van der Waals surface area contributed by atoms with E-state index in [9.17, 15) is 9.59 Å². The number of aryl methyl sites for hydroxylation is 1. The van der Waals surface area contributed by atoms with Gasteiger partial charge in [-0.15, -0.1) is 0 Å². The number of anilines is 1. The first-order valence-corrected chi connectivity index (χ1v) is 7.94. The number of hydrogen-bond acceptors (Lipinski definition) is 5. The number of ether oxygens (including phenoxy) is 2. The Labute approximate surface area is 145 Å². The van der Waals surface area contributed by atoms with Crippen molar-refractivity contribution in [2.75, 3.05) is 25.1 Å². The van der Waals surface area contributed by atoms with Crippen molar-refractivity contribution < 1.29 is 19.1 Å². The standard InChI is InChI=1S/C18H19N3O4/c1-4-20-11-17(22)21(18(20)23)13-6-8-16(19-10-13)25-14-7-5-12(2)15(9-14)24-3/h5-10H,4,11H2,1-3H3. The van der Waals surface area contributed by atoms with E-state index >= 15 is 0 Å². The largest absolute Gasteiger partial charge is 0.496 e. The first-order chi connectivity index (χ1) is 12.0. The summed E-state index contributed by atoms with van der Waals surface area (Å²) in [6.45, 7) is 4.36. The van der Waals surface area contributed by atoms with Gasteiger partial charge in [-0.25, -0.2) is 14.7 Å². The fourth-order valence-corrected chi connectivity index (χ4v) is 2.60. The Balaban J connectivity index is 1.77. The zero-order valence-electron chi connectivity index (χ0n) is 14.4. The average molecular weight is 341 g/mol. The molecule has 1 fully saturated rings. The predicted molar refractivity (Wildman–Crippen MR) is 92.2 cm³/mol. The van der Waals surface area contributed by atoms with E-state index in [1.54, 1.807) is 25.3 Å². The second-order valence-electron chi connectivity index (χ2n) is 5.61. The summed E-state index contributed by atoms with van der Waals surface area (Å²) in [6.07, 6.45) is 1.45. The maximum atomic E-state index is 12.2. The molecule has 7 heteroatoms. The van der Waals surface area contributed by atoms with E-state index in [-0.39, 0.29) is 18.5 Å². The van der Waals surface area contributed by atoms with Crippen molar-refractivity contribution in [3.05, 3.63) is 42.1 Å². The van der Waals surface area contributed by atoms with Gasteiger partial charge in [-0.3, -0.25) is 4.79 Å². The summed E-state index contributed by atoms with van der Waals surface area (Å²) in [5.74, 6) is 1.42. The van der Waals surface area contributed by atoms with Gasteiger partial charge in [-0.1, -0.05) is 6.07 Å². The minimum absolute atomic E-state index is 0.0940. The first-order valence-electron chi connectivity index (χ1n) is 7.94.